The monoisotopic (exact) mass is 427 g/mol. The zero-order valence-electron chi connectivity index (χ0n) is 10.6. The molecule has 8 heteroatoms. The van der Waals surface area contributed by atoms with Crippen molar-refractivity contribution in [1.29, 1.82) is 0 Å². The molecule has 0 amide bonds. The Bertz CT molecular complexity index is 786. The van der Waals surface area contributed by atoms with Gasteiger partial charge in [0.2, 0.25) is 0 Å². The minimum atomic E-state index is -3.95. The summed E-state index contributed by atoms with van der Waals surface area (Å²) in [6.07, 6.45) is 0. The average molecular weight is 430 g/mol. The summed E-state index contributed by atoms with van der Waals surface area (Å²) >= 11 is 21.2. The van der Waals surface area contributed by atoms with Gasteiger partial charge in [-0.2, -0.15) is 0 Å². The molecule has 0 radical (unpaired) electrons. The first-order chi connectivity index (χ1) is 9.70. The van der Waals surface area contributed by atoms with Crippen molar-refractivity contribution in [3.8, 4) is 0 Å². The molecule has 0 bridgehead atoms. The highest BCUT2D eigenvalue weighted by atomic mass is 79.9. The molecule has 0 aliphatic rings. The van der Waals surface area contributed by atoms with Crippen molar-refractivity contribution in [2.45, 2.75) is 11.8 Å². The number of hydrogen-bond donors (Lipinski definition) is 1. The molecule has 0 aliphatic carbocycles. The van der Waals surface area contributed by atoms with Gasteiger partial charge in [-0.25, -0.2) is 8.42 Å². The van der Waals surface area contributed by atoms with Crippen molar-refractivity contribution in [2.24, 2.45) is 0 Å². The van der Waals surface area contributed by atoms with Gasteiger partial charge in [-0.1, -0.05) is 56.8 Å². The minimum absolute atomic E-state index is 0.0191. The third-order valence-corrected chi connectivity index (χ3v) is 5.67. The average Bonchev–Trinajstić information content (AvgIpc) is 2.31. The van der Waals surface area contributed by atoms with Crippen LogP contribution in [-0.2, 0) is 10.0 Å². The molecule has 0 saturated carbocycles. The van der Waals surface area contributed by atoms with Crippen LogP contribution in [-0.4, -0.2) is 8.42 Å². The van der Waals surface area contributed by atoms with E-state index in [1.807, 2.05) is 6.92 Å². The molecule has 0 heterocycles. The first-order valence-electron chi connectivity index (χ1n) is 5.64. The summed E-state index contributed by atoms with van der Waals surface area (Å²) < 4.78 is 27.9. The minimum Gasteiger partial charge on any atom is -0.278 e. The highest BCUT2D eigenvalue weighted by molar-refractivity contribution is 9.10. The number of halogens is 4. The van der Waals surface area contributed by atoms with Crippen molar-refractivity contribution >= 4 is 66.4 Å². The zero-order chi connectivity index (χ0) is 15.8. The third-order valence-electron chi connectivity index (χ3n) is 2.60. The summed E-state index contributed by atoms with van der Waals surface area (Å²) in [5.74, 6) is 0. The molecule has 0 aliphatic heterocycles. The third kappa shape index (κ3) is 3.85. The van der Waals surface area contributed by atoms with Crippen LogP contribution < -0.4 is 4.72 Å². The van der Waals surface area contributed by atoms with Crippen LogP contribution in [0.3, 0.4) is 0 Å². The fourth-order valence-electron chi connectivity index (χ4n) is 1.70. The second-order valence-electron chi connectivity index (χ2n) is 4.29. The Labute approximate surface area is 146 Å². The molecular weight excluding hydrogens is 420 g/mol. The smallest absolute Gasteiger partial charge is 0.264 e. The summed E-state index contributed by atoms with van der Waals surface area (Å²) in [5, 5.41) is 0.324. The van der Waals surface area contributed by atoms with E-state index in [4.69, 9.17) is 34.8 Å². The van der Waals surface area contributed by atoms with Crippen molar-refractivity contribution in [2.75, 3.05) is 4.72 Å². The van der Waals surface area contributed by atoms with Gasteiger partial charge in [0.25, 0.3) is 10.0 Å². The Kier molecular flexibility index (Phi) is 5.11. The largest absolute Gasteiger partial charge is 0.278 e. The van der Waals surface area contributed by atoms with Crippen molar-refractivity contribution in [3.63, 3.8) is 0 Å². The molecule has 2 aromatic carbocycles. The number of rotatable bonds is 3. The molecule has 0 unspecified atom stereocenters. The predicted molar refractivity (Wildman–Crippen MR) is 91.2 cm³/mol. The second kappa shape index (κ2) is 6.34. The Morgan fingerprint density at radius 2 is 1.57 bits per heavy atom. The van der Waals surface area contributed by atoms with Crippen LogP contribution in [0.1, 0.15) is 5.56 Å². The van der Waals surface area contributed by atoms with Crippen LogP contribution in [0.15, 0.2) is 39.7 Å². The molecule has 21 heavy (non-hydrogen) atoms. The van der Waals surface area contributed by atoms with Gasteiger partial charge in [-0.3, -0.25) is 4.72 Å². The SMILES string of the molecule is Cc1ccc(Cl)c(NS(=O)(=O)c2c(Cl)cc(Br)cc2Cl)c1. The van der Waals surface area contributed by atoms with Gasteiger partial charge in [0, 0.05) is 4.47 Å². The number of nitrogens with one attached hydrogen (secondary N) is 1. The fourth-order valence-corrected chi connectivity index (χ4v) is 4.93. The van der Waals surface area contributed by atoms with Crippen molar-refractivity contribution < 1.29 is 8.42 Å². The standard InChI is InChI=1S/C13H9BrCl3NO2S/c1-7-2-3-9(15)12(4-7)18-21(19,20)13-10(16)5-8(14)6-11(13)17/h2-6,18H,1H3. The maximum atomic E-state index is 12.5. The van der Waals surface area contributed by atoms with Crippen molar-refractivity contribution in [3.05, 3.63) is 55.4 Å². The van der Waals surface area contributed by atoms with Gasteiger partial charge >= 0.3 is 0 Å². The molecule has 0 aromatic heterocycles. The second-order valence-corrected chi connectivity index (χ2v) is 8.04. The Morgan fingerprint density at radius 1 is 1.00 bits per heavy atom. The molecule has 0 atom stereocenters. The lowest BCUT2D eigenvalue weighted by molar-refractivity contribution is 0.601. The van der Waals surface area contributed by atoms with E-state index >= 15 is 0 Å². The Morgan fingerprint density at radius 3 is 2.14 bits per heavy atom. The fraction of sp³-hybridized carbons (Fsp3) is 0.0769. The van der Waals surface area contributed by atoms with E-state index in [0.29, 0.717) is 4.47 Å². The maximum absolute atomic E-state index is 12.5. The van der Waals surface area contributed by atoms with Gasteiger partial charge in [0.15, 0.2) is 0 Å². The summed E-state index contributed by atoms with van der Waals surface area (Å²) in [6, 6.07) is 7.93. The van der Waals surface area contributed by atoms with E-state index in [-0.39, 0.29) is 25.7 Å². The predicted octanol–water partition coefficient (Wildman–Crippen LogP) is 5.52. The van der Waals surface area contributed by atoms with Crippen molar-refractivity contribution in [1.82, 2.24) is 0 Å². The highest BCUT2D eigenvalue weighted by Gasteiger charge is 2.23. The Balaban J connectivity index is 2.51. The number of benzene rings is 2. The number of anilines is 1. The molecule has 2 aromatic rings. The molecule has 0 saturated heterocycles. The van der Waals surface area contributed by atoms with Gasteiger partial charge < -0.3 is 0 Å². The highest BCUT2D eigenvalue weighted by Crippen LogP contribution is 2.35. The van der Waals surface area contributed by atoms with Gasteiger partial charge in [-0.05, 0) is 36.8 Å². The molecular formula is C13H9BrCl3NO2S. The zero-order valence-corrected chi connectivity index (χ0v) is 15.3. The maximum Gasteiger partial charge on any atom is 0.264 e. The van der Waals surface area contributed by atoms with Crippen LogP contribution in [0.4, 0.5) is 5.69 Å². The van der Waals surface area contributed by atoms with Gasteiger partial charge in [0.05, 0.1) is 20.8 Å². The van der Waals surface area contributed by atoms with Gasteiger partial charge in [0.1, 0.15) is 4.90 Å². The first kappa shape index (κ1) is 16.9. The molecule has 3 nitrogen and oxygen atoms in total. The molecule has 1 N–H and O–H groups in total. The molecule has 0 fully saturated rings. The van der Waals surface area contributed by atoms with Crippen LogP contribution >= 0.6 is 50.7 Å². The number of sulfonamides is 1. The van der Waals surface area contributed by atoms with E-state index in [1.54, 1.807) is 18.2 Å². The lowest BCUT2D eigenvalue weighted by Crippen LogP contribution is -2.14. The van der Waals surface area contributed by atoms with Crippen LogP contribution in [0.25, 0.3) is 0 Å². The lowest BCUT2D eigenvalue weighted by atomic mass is 10.2. The topological polar surface area (TPSA) is 46.2 Å². The van der Waals surface area contributed by atoms with Crippen LogP contribution in [0, 0.1) is 6.92 Å². The summed E-state index contributed by atoms with van der Waals surface area (Å²) in [6.45, 7) is 1.83. The first-order valence-corrected chi connectivity index (χ1v) is 9.05. The quantitative estimate of drug-likeness (QED) is 0.698. The summed E-state index contributed by atoms with van der Waals surface area (Å²) in [5.41, 5.74) is 1.14. The van der Waals surface area contributed by atoms with E-state index in [0.717, 1.165) is 5.56 Å². The Hall–Kier alpha value is -0.460. The van der Waals surface area contributed by atoms with E-state index in [9.17, 15) is 8.42 Å². The molecule has 0 spiro atoms. The van der Waals surface area contributed by atoms with Gasteiger partial charge in [-0.15, -0.1) is 0 Å². The van der Waals surface area contributed by atoms with E-state index in [1.165, 1.54) is 12.1 Å². The normalized spacial score (nSPS) is 11.5. The van der Waals surface area contributed by atoms with E-state index in [2.05, 4.69) is 20.7 Å². The van der Waals surface area contributed by atoms with E-state index < -0.39 is 10.0 Å². The summed E-state index contributed by atoms with van der Waals surface area (Å²) in [4.78, 5) is -0.188. The summed E-state index contributed by atoms with van der Waals surface area (Å²) in [7, 11) is -3.95. The lowest BCUT2D eigenvalue weighted by Gasteiger charge is -2.13. The van der Waals surface area contributed by atoms with Crippen LogP contribution in [0.5, 0.6) is 0 Å². The number of hydrogen-bond acceptors (Lipinski definition) is 2. The number of aryl methyl sites for hydroxylation is 1. The van der Waals surface area contributed by atoms with Crippen LogP contribution in [0.2, 0.25) is 15.1 Å². The molecule has 112 valence electrons. The molecule has 2 rings (SSSR count).